The first-order chi connectivity index (χ1) is 10.1. The normalized spacial score (nSPS) is 15.3. The fraction of sp³-hybridized carbons (Fsp3) is 0.429. The van der Waals surface area contributed by atoms with E-state index < -0.39 is 0 Å². The van der Waals surface area contributed by atoms with E-state index in [1.165, 1.54) is 11.3 Å². The maximum Gasteiger partial charge on any atom is 0.265 e. The molecule has 0 spiro atoms. The molecule has 0 saturated carbocycles. The predicted octanol–water partition coefficient (Wildman–Crippen LogP) is 1.51. The molecule has 0 aromatic carbocycles. The lowest BCUT2D eigenvalue weighted by molar-refractivity contribution is 0.0750. The molecule has 1 saturated heterocycles. The molecule has 1 fully saturated rings. The molecule has 1 aliphatic rings. The second kappa shape index (κ2) is 5.77. The monoisotopic (exact) mass is 303 g/mol. The number of hydrogen-bond acceptors (Lipinski definition) is 6. The van der Waals surface area contributed by atoms with Crippen molar-refractivity contribution in [3.63, 3.8) is 0 Å². The fourth-order valence-electron chi connectivity index (χ4n) is 2.47. The van der Waals surface area contributed by atoms with E-state index in [2.05, 4.69) is 20.1 Å². The lowest BCUT2D eigenvalue weighted by Crippen LogP contribution is -2.49. The van der Waals surface area contributed by atoms with Crippen LogP contribution in [0.15, 0.2) is 18.3 Å². The number of amides is 1. The molecule has 2 aromatic heterocycles. The van der Waals surface area contributed by atoms with Gasteiger partial charge in [0.05, 0.1) is 10.7 Å². The van der Waals surface area contributed by atoms with Crippen LogP contribution in [0.1, 0.15) is 20.4 Å². The average molecular weight is 303 g/mol. The quantitative estimate of drug-likeness (QED) is 0.841. The van der Waals surface area contributed by atoms with Crippen molar-refractivity contribution in [3.8, 4) is 0 Å². The minimum absolute atomic E-state index is 0.0943. The van der Waals surface area contributed by atoms with Crippen LogP contribution < -0.4 is 4.90 Å². The summed E-state index contributed by atoms with van der Waals surface area (Å²) in [4.78, 5) is 21.7. The van der Waals surface area contributed by atoms with E-state index in [1.54, 1.807) is 6.20 Å². The van der Waals surface area contributed by atoms with E-state index >= 15 is 0 Å². The number of hydrogen-bond donors (Lipinski definition) is 0. The summed E-state index contributed by atoms with van der Waals surface area (Å²) in [5, 5.41) is 8.95. The molecular formula is C14H17N5OS. The number of aryl methyl sites for hydroxylation is 2. The van der Waals surface area contributed by atoms with Crippen LogP contribution in [0.2, 0.25) is 0 Å². The van der Waals surface area contributed by atoms with Gasteiger partial charge in [-0.15, -0.1) is 16.4 Å². The van der Waals surface area contributed by atoms with Gasteiger partial charge >= 0.3 is 0 Å². The maximum absolute atomic E-state index is 12.5. The Morgan fingerprint density at radius 1 is 1.24 bits per heavy atom. The smallest absolute Gasteiger partial charge is 0.265 e. The Labute approximate surface area is 127 Å². The number of carbonyl (C=O) groups is 1. The third kappa shape index (κ3) is 2.87. The Morgan fingerprint density at radius 3 is 2.57 bits per heavy atom. The van der Waals surface area contributed by atoms with Gasteiger partial charge < -0.3 is 9.80 Å². The van der Waals surface area contributed by atoms with Crippen molar-refractivity contribution in [2.45, 2.75) is 13.8 Å². The highest BCUT2D eigenvalue weighted by molar-refractivity contribution is 7.13. The number of anilines is 1. The summed E-state index contributed by atoms with van der Waals surface area (Å²) in [6, 6.07) is 3.82. The Morgan fingerprint density at radius 2 is 2.00 bits per heavy atom. The predicted molar refractivity (Wildman–Crippen MR) is 81.7 cm³/mol. The highest BCUT2D eigenvalue weighted by Gasteiger charge is 2.25. The van der Waals surface area contributed by atoms with Gasteiger partial charge in [-0.3, -0.25) is 4.79 Å². The first-order valence-corrected chi connectivity index (χ1v) is 7.73. The summed E-state index contributed by atoms with van der Waals surface area (Å²) < 4.78 is 0. The van der Waals surface area contributed by atoms with Crippen LogP contribution in [0.4, 0.5) is 5.82 Å². The van der Waals surface area contributed by atoms with Crippen molar-refractivity contribution < 1.29 is 4.79 Å². The second-order valence-electron chi connectivity index (χ2n) is 5.01. The molecule has 3 rings (SSSR count). The molecule has 0 aliphatic carbocycles. The number of nitrogens with zero attached hydrogens (tertiary/aromatic N) is 5. The van der Waals surface area contributed by atoms with E-state index in [-0.39, 0.29) is 5.91 Å². The molecule has 7 heteroatoms. The zero-order valence-electron chi connectivity index (χ0n) is 12.1. The largest absolute Gasteiger partial charge is 0.352 e. The summed E-state index contributed by atoms with van der Waals surface area (Å²) in [6.45, 7) is 6.78. The van der Waals surface area contributed by atoms with Crippen molar-refractivity contribution in [1.29, 1.82) is 0 Å². The molecular weight excluding hydrogens is 286 g/mol. The van der Waals surface area contributed by atoms with Crippen LogP contribution in [-0.2, 0) is 0 Å². The number of aromatic nitrogens is 3. The SMILES string of the molecule is Cc1nc(C)c(C(=O)N2CCN(c3cccnn3)CC2)s1. The topological polar surface area (TPSA) is 62.2 Å². The third-order valence-electron chi connectivity index (χ3n) is 3.55. The molecule has 0 unspecified atom stereocenters. The fourth-order valence-corrected chi connectivity index (χ4v) is 3.36. The summed E-state index contributed by atoms with van der Waals surface area (Å²) in [6.07, 6.45) is 1.66. The maximum atomic E-state index is 12.5. The standard InChI is InChI=1S/C14H17N5OS/c1-10-13(21-11(2)16-10)14(20)19-8-6-18(7-9-19)12-4-3-5-15-17-12/h3-5H,6-9H2,1-2H3. The molecule has 1 amide bonds. The molecule has 0 radical (unpaired) electrons. The molecule has 1 aliphatic heterocycles. The van der Waals surface area contributed by atoms with Crippen molar-refractivity contribution >= 4 is 23.1 Å². The van der Waals surface area contributed by atoms with Crippen LogP contribution in [0.3, 0.4) is 0 Å². The Kier molecular flexibility index (Phi) is 3.83. The first kappa shape index (κ1) is 13.9. The molecule has 3 heterocycles. The van der Waals surface area contributed by atoms with E-state index in [0.717, 1.165) is 34.5 Å². The van der Waals surface area contributed by atoms with Gasteiger partial charge in [-0.05, 0) is 26.0 Å². The van der Waals surface area contributed by atoms with Gasteiger partial charge in [0, 0.05) is 32.4 Å². The van der Waals surface area contributed by atoms with Gasteiger partial charge in [-0.25, -0.2) is 4.98 Å². The number of thiazole rings is 1. The van der Waals surface area contributed by atoms with Gasteiger partial charge in [0.25, 0.3) is 5.91 Å². The molecule has 21 heavy (non-hydrogen) atoms. The lowest BCUT2D eigenvalue weighted by Gasteiger charge is -2.34. The minimum atomic E-state index is 0.0943. The molecule has 2 aromatic rings. The molecule has 110 valence electrons. The number of piperazine rings is 1. The Balaban J connectivity index is 1.66. The zero-order valence-corrected chi connectivity index (χ0v) is 12.9. The van der Waals surface area contributed by atoms with Crippen LogP contribution in [0, 0.1) is 13.8 Å². The van der Waals surface area contributed by atoms with Crippen LogP contribution in [0.25, 0.3) is 0 Å². The van der Waals surface area contributed by atoms with Crippen LogP contribution in [-0.4, -0.2) is 52.2 Å². The number of carbonyl (C=O) groups excluding carboxylic acids is 1. The van der Waals surface area contributed by atoms with Gasteiger partial charge in [0.1, 0.15) is 4.88 Å². The second-order valence-corrected chi connectivity index (χ2v) is 6.21. The van der Waals surface area contributed by atoms with Gasteiger partial charge in [-0.1, -0.05) is 0 Å². The third-order valence-corrected chi connectivity index (χ3v) is 4.61. The summed E-state index contributed by atoms with van der Waals surface area (Å²) >= 11 is 1.48. The highest BCUT2D eigenvalue weighted by Crippen LogP contribution is 2.20. The van der Waals surface area contributed by atoms with Crippen molar-refractivity contribution in [2.24, 2.45) is 0 Å². The minimum Gasteiger partial charge on any atom is -0.352 e. The van der Waals surface area contributed by atoms with E-state index in [9.17, 15) is 4.79 Å². The lowest BCUT2D eigenvalue weighted by atomic mass is 10.2. The van der Waals surface area contributed by atoms with Gasteiger partial charge in [0.2, 0.25) is 0 Å². The van der Waals surface area contributed by atoms with Crippen LogP contribution >= 0.6 is 11.3 Å². The van der Waals surface area contributed by atoms with Crippen LogP contribution in [0.5, 0.6) is 0 Å². The molecule has 0 atom stereocenters. The molecule has 6 nitrogen and oxygen atoms in total. The summed E-state index contributed by atoms with van der Waals surface area (Å²) in [5.74, 6) is 0.964. The summed E-state index contributed by atoms with van der Waals surface area (Å²) in [5.41, 5.74) is 0.832. The highest BCUT2D eigenvalue weighted by atomic mass is 32.1. The molecule has 0 bridgehead atoms. The molecule has 0 N–H and O–H groups in total. The zero-order chi connectivity index (χ0) is 14.8. The summed E-state index contributed by atoms with van der Waals surface area (Å²) in [7, 11) is 0. The van der Waals surface area contributed by atoms with Crippen molar-refractivity contribution in [2.75, 3.05) is 31.1 Å². The van der Waals surface area contributed by atoms with Crippen molar-refractivity contribution in [3.05, 3.63) is 33.9 Å². The Bertz CT molecular complexity index is 634. The van der Waals surface area contributed by atoms with E-state index in [4.69, 9.17) is 0 Å². The average Bonchev–Trinajstić information content (AvgIpc) is 2.86. The number of rotatable bonds is 2. The Hall–Kier alpha value is -2.02. The van der Waals surface area contributed by atoms with Gasteiger partial charge in [-0.2, -0.15) is 5.10 Å². The first-order valence-electron chi connectivity index (χ1n) is 6.91. The van der Waals surface area contributed by atoms with Gasteiger partial charge in [0.15, 0.2) is 5.82 Å². The van der Waals surface area contributed by atoms with Crippen molar-refractivity contribution in [1.82, 2.24) is 20.1 Å². The van der Waals surface area contributed by atoms with E-state index in [0.29, 0.717) is 13.1 Å². The van der Waals surface area contributed by atoms with E-state index in [1.807, 2.05) is 30.9 Å².